The van der Waals surface area contributed by atoms with Gasteiger partial charge in [0, 0.05) is 16.8 Å². The fraction of sp³-hybridized carbons (Fsp3) is 0.125. The van der Waals surface area contributed by atoms with Gasteiger partial charge in [0.25, 0.3) is 0 Å². The monoisotopic (exact) mass is 236 g/mol. The summed E-state index contributed by atoms with van der Waals surface area (Å²) in [5, 5.41) is 9.56. The van der Waals surface area contributed by atoms with Crippen molar-refractivity contribution in [3.8, 4) is 0 Å². The average Bonchev–Trinajstić information content (AvgIpc) is 2.39. The smallest absolute Gasteiger partial charge is 0.119 e. The molecule has 0 fully saturated rings. The van der Waals surface area contributed by atoms with Gasteiger partial charge in [0.2, 0.25) is 0 Å². The van der Waals surface area contributed by atoms with Crippen LogP contribution in [0.25, 0.3) is 10.8 Å². The Labute approximate surface area is 107 Å². The van der Waals surface area contributed by atoms with Crippen LogP contribution < -0.4 is 10.6 Å². The van der Waals surface area contributed by atoms with Gasteiger partial charge in [0.15, 0.2) is 0 Å². The topological polar surface area (TPSA) is 24.1 Å². The summed E-state index contributed by atoms with van der Waals surface area (Å²) >= 11 is 0. The van der Waals surface area contributed by atoms with Crippen LogP contribution in [0.3, 0.4) is 0 Å². The molecule has 2 heteroatoms. The van der Waals surface area contributed by atoms with Crippen LogP contribution in [0.1, 0.15) is 6.92 Å². The van der Waals surface area contributed by atoms with Gasteiger partial charge in [-0.1, -0.05) is 43.0 Å². The van der Waals surface area contributed by atoms with E-state index in [1.165, 1.54) is 27.7 Å². The number of anilines is 2. The number of nitrogens with one attached hydrogen (secondary N) is 2. The first-order valence-corrected chi connectivity index (χ1v) is 6.13. The van der Waals surface area contributed by atoms with Crippen molar-refractivity contribution in [1.29, 1.82) is 0 Å². The lowest BCUT2D eigenvalue weighted by Crippen LogP contribution is -2.32. The molecule has 2 aromatic rings. The minimum absolute atomic E-state index is 0.128. The molecule has 2 nitrogen and oxygen atoms in total. The number of benzene rings is 2. The van der Waals surface area contributed by atoms with E-state index < -0.39 is 0 Å². The standard InChI is InChI=1S/C16H16N2/c1-3-6-11(2)16-17-13-9-4-7-12-8-5-10-14(18-16)15(12)13/h3-10,16-18H,1H2,2H3. The molecule has 0 spiro atoms. The zero-order chi connectivity index (χ0) is 12.5. The average molecular weight is 236 g/mol. The van der Waals surface area contributed by atoms with E-state index in [0.717, 1.165) is 0 Å². The molecule has 2 aromatic carbocycles. The Kier molecular flexibility index (Phi) is 2.56. The summed E-state index contributed by atoms with van der Waals surface area (Å²) in [6.07, 6.45) is 3.97. The van der Waals surface area contributed by atoms with Gasteiger partial charge >= 0.3 is 0 Å². The van der Waals surface area contributed by atoms with Gasteiger partial charge in [-0.3, -0.25) is 0 Å². The molecule has 1 aliphatic rings. The Morgan fingerprint density at radius 1 is 1.11 bits per heavy atom. The molecule has 0 radical (unpaired) electrons. The second-order valence-electron chi connectivity index (χ2n) is 4.58. The molecule has 0 amide bonds. The number of allylic oxidation sites excluding steroid dienone is 2. The second kappa shape index (κ2) is 4.22. The molecular formula is C16H16N2. The van der Waals surface area contributed by atoms with E-state index in [4.69, 9.17) is 0 Å². The Bertz CT molecular complexity index is 600. The zero-order valence-electron chi connectivity index (χ0n) is 10.4. The minimum Gasteiger partial charge on any atom is -0.361 e. The van der Waals surface area contributed by atoms with E-state index in [1.54, 1.807) is 0 Å². The van der Waals surface area contributed by atoms with Crippen molar-refractivity contribution in [2.24, 2.45) is 0 Å². The Hall–Kier alpha value is -2.22. The minimum atomic E-state index is 0.128. The van der Waals surface area contributed by atoms with Gasteiger partial charge in [-0.05, 0) is 30.0 Å². The SMILES string of the molecule is C=CC=C(C)C1Nc2cccc3cccc(c23)N1. The largest absolute Gasteiger partial charge is 0.361 e. The highest BCUT2D eigenvalue weighted by Gasteiger charge is 2.19. The van der Waals surface area contributed by atoms with Crippen molar-refractivity contribution in [2.45, 2.75) is 13.1 Å². The first kappa shape index (κ1) is 10.9. The summed E-state index contributed by atoms with van der Waals surface area (Å²) in [5.74, 6) is 0. The van der Waals surface area contributed by atoms with Crippen LogP contribution in [0, 0.1) is 0 Å². The molecular weight excluding hydrogens is 220 g/mol. The van der Waals surface area contributed by atoms with Crippen molar-refractivity contribution in [3.05, 3.63) is 60.7 Å². The molecule has 1 aliphatic heterocycles. The maximum absolute atomic E-state index is 3.75. The Morgan fingerprint density at radius 3 is 2.28 bits per heavy atom. The lowest BCUT2D eigenvalue weighted by Gasteiger charge is -2.30. The highest BCUT2D eigenvalue weighted by atomic mass is 15.1. The summed E-state index contributed by atoms with van der Waals surface area (Å²) in [6.45, 7) is 5.84. The van der Waals surface area contributed by atoms with Gasteiger partial charge in [0.1, 0.15) is 6.17 Å². The van der Waals surface area contributed by atoms with Gasteiger partial charge in [-0.25, -0.2) is 0 Å². The maximum atomic E-state index is 3.75. The first-order valence-electron chi connectivity index (χ1n) is 6.13. The summed E-state index contributed by atoms with van der Waals surface area (Å²) < 4.78 is 0. The lowest BCUT2D eigenvalue weighted by atomic mass is 10.0. The quantitative estimate of drug-likeness (QED) is 0.766. The molecule has 3 rings (SSSR count). The summed E-state index contributed by atoms with van der Waals surface area (Å²) in [7, 11) is 0. The third-order valence-electron chi connectivity index (χ3n) is 3.34. The molecule has 0 saturated heterocycles. The second-order valence-corrected chi connectivity index (χ2v) is 4.58. The van der Waals surface area contributed by atoms with E-state index >= 15 is 0 Å². The molecule has 18 heavy (non-hydrogen) atoms. The van der Waals surface area contributed by atoms with E-state index in [9.17, 15) is 0 Å². The van der Waals surface area contributed by atoms with Crippen LogP contribution in [0.15, 0.2) is 60.7 Å². The van der Waals surface area contributed by atoms with Gasteiger partial charge in [-0.2, -0.15) is 0 Å². The zero-order valence-corrected chi connectivity index (χ0v) is 10.4. The Balaban J connectivity index is 2.11. The molecule has 2 N–H and O–H groups in total. The molecule has 0 atom stereocenters. The van der Waals surface area contributed by atoms with Crippen LogP contribution in [0.2, 0.25) is 0 Å². The van der Waals surface area contributed by atoms with Crippen molar-refractivity contribution >= 4 is 22.1 Å². The molecule has 0 aliphatic carbocycles. The number of hydrogen-bond acceptors (Lipinski definition) is 2. The predicted octanol–water partition coefficient (Wildman–Crippen LogP) is 4.14. The summed E-state index contributed by atoms with van der Waals surface area (Å²) in [4.78, 5) is 0. The number of hydrogen-bond donors (Lipinski definition) is 2. The van der Waals surface area contributed by atoms with Crippen LogP contribution in [-0.2, 0) is 0 Å². The molecule has 90 valence electrons. The number of rotatable bonds is 2. The van der Waals surface area contributed by atoms with Crippen molar-refractivity contribution in [1.82, 2.24) is 0 Å². The van der Waals surface area contributed by atoms with Gasteiger partial charge < -0.3 is 10.6 Å². The molecule has 0 unspecified atom stereocenters. The van der Waals surface area contributed by atoms with Crippen LogP contribution in [-0.4, -0.2) is 6.17 Å². The highest BCUT2D eigenvalue weighted by Crippen LogP contribution is 2.35. The van der Waals surface area contributed by atoms with E-state index in [-0.39, 0.29) is 6.17 Å². The van der Waals surface area contributed by atoms with Crippen molar-refractivity contribution in [2.75, 3.05) is 10.6 Å². The molecule has 0 aromatic heterocycles. The van der Waals surface area contributed by atoms with Crippen LogP contribution in [0.4, 0.5) is 11.4 Å². The fourth-order valence-corrected chi connectivity index (χ4v) is 2.44. The maximum Gasteiger partial charge on any atom is 0.119 e. The normalized spacial score (nSPS) is 15.1. The van der Waals surface area contributed by atoms with Crippen molar-refractivity contribution in [3.63, 3.8) is 0 Å². The highest BCUT2D eigenvalue weighted by molar-refractivity contribution is 6.04. The van der Waals surface area contributed by atoms with Gasteiger partial charge in [0.05, 0.1) is 0 Å². The molecule has 1 heterocycles. The van der Waals surface area contributed by atoms with Crippen LogP contribution >= 0.6 is 0 Å². The third kappa shape index (κ3) is 1.66. The third-order valence-corrected chi connectivity index (χ3v) is 3.34. The van der Waals surface area contributed by atoms with E-state index in [1.807, 2.05) is 12.2 Å². The molecule has 0 saturated carbocycles. The first-order chi connectivity index (χ1) is 8.79. The molecule has 0 bridgehead atoms. The lowest BCUT2D eigenvalue weighted by molar-refractivity contribution is 0.934. The summed E-state index contributed by atoms with van der Waals surface area (Å²) in [5.41, 5.74) is 3.59. The van der Waals surface area contributed by atoms with Crippen LogP contribution in [0.5, 0.6) is 0 Å². The summed E-state index contributed by atoms with van der Waals surface area (Å²) in [6, 6.07) is 12.7. The van der Waals surface area contributed by atoms with E-state index in [0.29, 0.717) is 0 Å². The fourth-order valence-electron chi connectivity index (χ4n) is 2.44. The predicted molar refractivity (Wildman–Crippen MR) is 78.9 cm³/mol. The Morgan fingerprint density at radius 2 is 1.72 bits per heavy atom. The van der Waals surface area contributed by atoms with Crippen molar-refractivity contribution < 1.29 is 0 Å². The van der Waals surface area contributed by atoms with Gasteiger partial charge in [-0.15, -0.1) is 0 Å². The van der Waals surface area contributed by atoms with E-state index in [2.05, 4.69) is 60.5 Å².